The van der Waals surface area contributed by atoms with E-state index in [2.05, 4.69) is 12.6 Å². The van der Waals surface area contributed by atoms with E-state index >= 15 is 0 Å². The largest absolute Gasteiger partial charge is 0.185 e. The summed E-state index contributed by atoms with van der Waals surface area (Å²) in [6, 6.07) is 8.62. The number of nitrogens with zero attached hydrogens (tertiary/aromatic N) is 1. The van der Waals surface area contributed by atoms with Crippen LogP contribution < -0.4 is 3.87 Å². The molecule has 0 heterocycles. The van der Waals surface area contributed by atoms with Crippen LogP contribution >= 0.6 is 12.6 Å². The van der Waals surface area contributed by atoms with E-state index in [-0.39, 0.29) is 0 Å². The van der Waals surface area contributed by atoms with Gasteiger partial charge in [-0.25, -0.2) is 0 Å². The molecule has 0 N–H and O–H groups in total. The van der Waals surface area contributed by atoms with Crippen LogP contribution in [0.1, 0.15) is 26.7 Å². The summed E-state index contributed by atoms with van der Waals surface area (Å²) in [6.45, 7) is 3.65. The van der Waals surface area contributed by atoms with Gasteiger partial charge in [0.15, 0.2) is 0 Å². The van der Waals surface area contributed by atoms with Crippen LogP contribution in [0.15, 0.2) is 73.5 Å². The molecule has 0 fully saturated rings. The first-order valence-corrected chi connectivity index (χ1v) is 11.8. The Hall–Kier alpha value is -1.48. The van der Waals surface area contributed by atoms with Crippen molar-refractivity contribution in [2.45, 2.75) is 31.2 Å². The minimum absolute atomic E-state index is 0.428. The molecule has 1 aromatic carbocycles. The zero-order chi connectivity index (χ0) is 19.4. The number of allylic oxidation sites excluding steroid dienone is 8. The van der Waals surface area contributed by atoms with Crippen LogP contribution in [0.3, 0.4) is 0 Å². The predicted molar refractivity (Wildman–Crippen MR) is 99.6 cm³/mol. The number of halogens is 3. The van der Waals surface area contributed by atoms with Gasteiger partial charge >= 0.3 is 138 Å². The van der Waals surface area contributed by atoms with Crippen LogP contribution in [0.4, 0.5) is 13.2 Å². The van der Waals surface area contributed by atoms with E-state index < -0.39 is 21.1 Å². The predicted octanol–water partition coefficient (Wildman–Crippen LogP) is 5.85. The smallest absolute Gasteiger partial charge is 0.130 e. The summed E-state index contributed by atoms with van der Waals surface area (Å²) in [5, 5.41) is 8.63. The molecule has 0 aromatic heterocycles. The average Bonchev–Trinajstić information content (AvgIpc) is 3.19. The molecule has 2 aliphatic rings. The second kappa shape index (κ2) is 8.48. The molecule has 0 amide bonds. The third-order valence-electron chi connectivity index (χ3n) is 4.87. The second-order valence-electron chi connectivity index (χ2n) is 6.25. The van der Waals surface area contributed by atoms with Crippen LogP contribution in [-0.2, 0) is 16.6 Å². The molecule has 1 aromatic rings. The fraction of sp³-hybridized carbons (Fsp3) is 0.250. The monoisotopic (exact) mass is 411 g/mol. The van der Waals surface area contributed by atoms with Gasteiger partial charge in [0.05, 0.1) is 0 Å². The SMILES string of the molecule is CC1=[C]([Ti]([C]2=C(C)C=CC2)([c]2ccccc2)[C](F)(F)F)CC=C1.N#CS. The van der Waals surface area contributed by atoms with Gasteiger partial charge in [-0.2, -0.15) is 5.26 Å². The number of rotatable bonds is 3. The third kappa shape index (κ3) is 3.64. The number of thiol groups is 1. The van der Waals surface area contributed by atoms with Gasteiger partial charge in [-0.05, 0) is 0 Å². The summed E-state index contributed by atoms with van der Waals surface area (Å²) in [6.07, 6.45) is 8.30. The Morgan fingerprint density at radius 2 is 1.38 bits per heavy atom. The van der Waals surface area contributed by atoms with Crippen molar-refractivity contribution in [1.82, 2.24) is 0 Å². The average molecular weight is 411 g/mol. The Kier molecular flexibility index (Phi) is 6.79. The number of hydrogen-bond acceptors (Lipinski definition) is 2. The summed E-state index contributed by atoms with van der Waals surface area (Å²) in [5.74, 6) is 0. The molecule has 26 heavy (non-hydrogen) atoms. The summed E-state index contributed by atoms with van der Waals surface area (Å²) >= 11 is -1.59. The summed E-state index contributed by atoms with van der Waals surface area (Å²) in [5.41, 5.74) is 1.61. The van der Waals surface area contributed by atoms with Crippen molar-refractivity contribution in [3.05, 3.63) is 73.5 Å². The maximum Gasteiger partial charge on any atom is 0.130 e. The van der Waals surface area contributed by atoms with Gasteiger partial charge in [0.25, 0.3) is 0 Å². The van der Waals surface area contributed by atoms with Crippen molar-refractivity contribution in [3.63, 3.8) is 0 Å². The molecule has 1 nitrogen and oxygen atoms in total. The molecule has 0 spiro atoms. The van der Waals surface area contributed by atoms with Gasteiger partial charge in [0.1, 0.15) is 5.40 Å². The fourth-order valence-corrected chi connectivity index (χ4v) is 11.6. The van der Waals surface area contributed by atoms with Crippen molar-refractivity contribution >= 4 is 16.5 Å². The van der Waals surface area contributed by atoms with Crippen LogP contribution in [-0.4, -0.2) is 4.48 Å². The molecule has 0 bridgehead atoms. The van der Waals surface area contributed by atoms with E-state index in [0.29, 0.717) is 24.5 Å². The number of benzene rings is 1. The van der Waals surface area contributed by atoms with Gasteiger partial charge in [0.2, 0.25) is 0 Å². The first kappa shape index (κ1) is 20.8. The zero-order valence-corrected chi connectivity index (χ0v) is 17.1. The maximum atomic E-state index is 14.7. The van der Waals surface area contributed by atoms with Crippen LogP contribution in [0.2, 0.25) is 0 Å². The van der Waals surface area contributed by atoms with Crippen molar-refractivity contribution in [3.8, 4) is 5.40 Å². The van der Waals surface area contributed by atoms with Gasteiger partial charge in [-0.15, -0.1) is 0 Å². The van der Waals surface area contributed by atoms with Gasteiger partial charge in [0, 0.05) is 0 Å². The third-order valence-corrected chi connectivity index (χ3v) is 12.8. The Morgan fingerprint density at radius 1 is 0.962 bits per heavy atom. The molecule has 6 heteroatoms. The first-order chi connectivity index (χ1) is 12.3. The summed E-state index contributed by atoms with van der Waals surface area (Å²) < 4.78 is 41.6. The molecule has 0 atom stereocenters. The van der Waals surface area contributed by atoms with E-state index in [1.807, 2.05) is 38.2 Å². The molecule has 0 radical (unpaired) electrons. The summed E-state index contributed by atoms with van der Waals surface area (Å²) in [7, 11) is 0. The van der Waals surface area contributed by atoms with E-state index in [1.54, 1.807) is 30.3 Å². The quantitative estimate of drug-likeness (QED) is 0.377. The molecular formula is C20H20F3NSTi. The molecule has 0 unspecified atom stereocenters. The first-order valence-electron chi connectivity index (χ1n) is 8.19. The fourth-order valence-electron chi connectivity index (χ4n) is 3.85. The van der Waals surface area contributed by atoms with E-state index in [4.69, 9.17) is 5.26 Å². The van der Waals surface area contributed by atoms with Crippen molar-refractivity contribution < 1.29 is 29.8 Å². The summed E-state index contributed by atoms with van der Waals surface area (Å²) in [4.78, 5) is 0. The van der Waals surface area contributed by atoms with Crippen molar-refractivity contribution in [1.29, 1.82) is 5.26 Å². The standard InChI is InChI=1S/2C6H7.C6H5.CF3.CHNS.Ti/c2*1-6-4-2-3-5-6;1-2-4-6-5-3-1;2-1(3)4;2-1-3;/h2*2,4H,3H2,1H3;1-5H;;3H;. The van der Waals surface area contributed by atoms with Gasteiger partial charge in [-0.1, -0.05) is 12.6 Å². The molecule has 3 rings (SSSR count). The Balaban J connectivity index is 0.000000758. The molecule has 0 saturated carbocycles. The minimum atomic E-state index is -4.69. The van der Waals surface area contributed by atoms with Crippen molar-refractivity contribution in [2.75, 3.05) is 0 Å². The topological polar surface area (TPSA) is 23.8 Å². The molecule has 136 valence electrons. The molecule has 2 aliphatic carbocycles. The van der Waals surface area contributed by atoms with E-state index in [0.717, 1.165) is 11.1 Å². The molecular weight excluding hydrogens is 391 g/mol. The van der Waals surface area contributed by atoms with Crippen molar-refractivity contribution in [2.24, 2.45) is 0 Å². The number of hydrogen-bond donors (Lipinski definition) is 1. The van der Waals surface area contributed by atoms with Crippen LogP contribution in [0, 0.1) is 10.7 Å². The van der Waals surface area contributed by atoms with Crippen LogP contribution in [0.25, 0.3) is 0 Å². The van der Waals surface area contributed by atoms with Gasteiger partial charge in [-0.3, -0.25) is 0 Å². The number of alkyl halides is 3. The van der Waals surface area contributed by atoms with E-state index in [9.17, 15) is 13.2 Å². The van der Waals surface area contributed by atoms with E-state index in [1.165, 1.54) is 5.40 Å². The zero-order valence-electron chi connectivity index (χ0n) is 14.6. The molecule has 0 saturated heterocycles. The number of nitriles is 1. The van der Waals surface area contributed by atoms with Gasteiger partial charge < -0.3 is 0 Å². The second-order valence-corrected chi connectivity index (χ2v) is 12.5. The normalized spacial score (nSPS) is 16.7. The van der Waals surface area contributed by atoms with Crippen LogP contribution in [0.5, 0.6) is 0 Å². The minimum Gasteiger partial charge on any atom is -0.185 e. The Labute approximate surface area is 161 Å². The number of thiocyanates is 1. The Bertz CT molecular complexity index is 791. The maximum absolute atomic E-state index is 14.7. The Morgan fingerprint density at radius 3 is 1.69 bits per heavy atom. The molecule has 0 aliphatic heterocycles.